The molecule has 0 radical (unpaired) electrons. The monoisotopic (exact) mass is 333 g/mol. The third kappa shape index (κ3) is 5.76. The van der Waals surface area contributed by atoms with Crippen molar-refractivity contribution < 1.29 is 9.53 Å². The fraction of sp³-hybridized carbons (Fsp3) is 0.588. The number of nitrogens with zero attached hydrogens (tertiary/aromatic N) is 3. The summed E-state index contributed by atoms with van der Waals surface area (Å²) >= 11 is 1.64. The Morgan fingerprint density at radius 2 is 2.35 bits per heavy atom. The Labute approximate surface area is 142 Å². The highest BCUT2D eigenvalue weighted by Crippen LogP contribution is 2.26. The van der Waals surface area contributed by atoms with Gasteiger partial charge in [0.05, 0.1) is 16.7 Å². The molecule has 2 rings (SSSR count). The minimum absolute atomic E-state index is 0.225. The molecule has 0 saturated carbocycles. The summed E-state index contributed by atoms with van der Waals surface area (Å²) in [4.78, 5) is 18.3. The fourth-order valence-corrected chi connectivity index (χ4v) is 3.48. The number of carbonyl (C=O) groups excluding carboxylic acids is 1. The van der Waals surface area contributed by atoms with E-state index in [2.05, 4.69) is 11.1 Å². The van der Waals surface area contributed by atoms with E-state index in [0.29, 0.717) is 11.5 Å². The molecular formula is C17H23N3O2S. The smallest absolute Gasteiger partial charge is 0.410 e. The van der Waals surface area contributed by atoms with Gasteiger partial charge in [-0.3, -0.25) is 0 Å². The van der Waals surface area contributed by atoms with Gasteiger partial charge in [0.15, 0.2) is 0 Å². The zero-order valence-corrected chi connectivity index (χ0v) is 14.7. The topological polar surface area (TPSA) is 66.2 Å². The second kappa shape index (κ2) is 7.69. The number of thioether (sulfide) groups is 1. The molecule has 0 bridgehead atoms. The van der Waals surface area contributed by atoms with E-state index in [1.165, 1.54) is 0 Å². The first kappa shape index (κ1) is 17.6. The van der Waals surface area contributed by atoms with Crippen molar-refractivity contribution in [1.82, 2.24) is 9.88 Å². The molecule has 124 valence electrons. The van der Waals surface area contributed by atoms with E-state index in [9.17, 15) is 4.79 Å². The predicted octanol–water partition coefficient (Wildman–Crippen LogP) is 3.69. The van der Waals surface area contributed by atoms with E-state index in [4.69, 9.17) is 10.00 Å². The number of likely N-dealkylation sites (tertiary alicyclic amines) is 1. The van der Waals surface area contributed by atoms with Crippen LogP contribution in [-0.4, -0.2) is 40.4 Å². The maximum Gasteiger partial charge on any atom is 0.410 e. The molecule has 5 nitrogen and oxygen atoms in total. The fourth-order valence-electron chi connectivity index (χ4n) is 2.45. The first-order valence-corrected chi connectivity index (χ1v) is 8.83. The van der Waals surface area contributed by atoms with Gasteiger partial charge in [-0.15, -0.1) is 11.8 Å². The highest BCUT2D eigenvalue weighted by atomic mass is 32.2. The molecule has 1 saturated heterocycles. The molecule has 1 aromatic rings. The van der Waals surface area contributed by atoms with E-state index in [1.807, 2.05) is 20.8 Å². The van der Waals surface area contributed by atoms with Crippen LogP contribution in [0.5, 0.6) is 0 Å². The number of rotatable bonds is 3. The minimum Gasteiger partial charge on any atom is -0.444 e. The van der Waals surface area contributed by atoms with Crippen molar-refractivity contribution in [2.45, 2.75) is 44.2 Å². The number of carbonyl (C=O) groups is 1. The summed E-state index contributed by atoms with van der Waals surface area (Å²) in [7, 11) is 0. The maximum atomic E-state index is 12.2. The van der Waals surface area contributed by atoms with Crippen LogP contribution in [0.15, 0.2) is 23.4 Å². The molecule has 1 atom stereocenters. The lowest BCUT2D eigenvalue weighted by molar-refractivity contribution is 0.0177. The summed E-state index contributed by atoms with van der Waals surface area (Å²) in [5.41, 5.74) is 0.169. The van der Waals surface area contributed by atoms with Crippen LogP contribution in [0, 0.1) is 17.2 Å². The van der Waals surface area contributed by atoms with Crippen LogP contribution in [0.1, 0.15) is 39.2 Å². The van der Waals surface area contributed by atoms with Crippen LogP contribution in [0.25, 0.3) is 0 Å². The average Bonchev–Trinajstić information content (AvgIpc) is 2.52. The lowest BCUT2D eigenvalue weighted by Gasteiger charge is -2.34. The molecule has 1 aromatic heterocycles. The van der Waals surface area contributed by atoms with Crippen molar-refractivity contribution in [3.8, 4) is 6.07 Å². The zero-order valence-electron chi connectivity index (χ0n) is 13.9. The van der Waals surface area contributed by atoms with E-state index >= 15 is 0 Å². The number of aromatic nitrogens is 1. The van der Waals surface area contributed by atoms with Gasteiger partial charge < -0.3 is 9.64 Å². The zero-order chi connectivity index (χ0) is 16.9. The number of hydrogen-bond acceptors (Lipinski definition) is 5. The third-order valence-corrected chi connectivity index (χ3v) is 4.66. The van der Waals surface area contributed by atoms with E-state index in [0.717, 1.165) is 36.7 Å². The van der Waals surface area contributed by atoms with Crippen molar-refractivity contribution in [1.29, 1.82) is 5.26 Å². The summed E-state index contributed by atoms with van der Waals surface area (Å²) in [5, 5.41) is 9.78. The van der Waals surface area contributed by atoms with Gasteiger partial charge in [0.1, 0.15) is 5.60 Å². The summed E-state index contributed by atoms with van der Waals surface area (Å²) in [5.74, 6) is 1.31. The van der Waals surface area contributed by atoms with Crippen LogP contribution < -0.4 is 0 Å². The van der Waals surface area contributed by atoms with Gasteiger partial charge in [0.2, 0.25) is 0 Å². The second-order valence-corrected chi connectivity index (χ2v) is 7.78. The molecule has 0 aliphatic carbocycles. The maximum absolute atomic E-state index is 12.2. The Bertz CT molecular complexity index is 592. The minimum atomic E-state index is -0.458. The molecule has 1 aliphatic rings. The van der Waals surface area contributed by atoms with Gasteiger partial charge in [-0.2, -0.15) is 5.26 Å². The first-order valence-electron chi connectivity index (χ1n) is 7.84. The van der Waals surface area contributed by atoms with Crippen LogP contribution in [0.3, 0.4) is 0 Å². The van der Waals surface area contributed by atoms with Crippen molar-refractivity contribution in [2.75, 3.05) is 18.8 Å². The van der Waals surface area contributed by atoms with Crippen molar-refractivity contribution in [3.63, 3.8) is 0 Å². The van der Waals surface area contributed by atoms with Crippen molar-refractivity contribution in [3.05, 3.63) is 23.9 Å². The third-order valence-electron chi connectivity index (χ3n) is 3.50. The average molecular weight is 333 g/mol. The Kier molecular flexibility index (Phi) is 5.89. The van der Waals surface area contributed by atoms with Crippen LogP contribution in [0.2, 0.25) is 0 Å². The molecule has 1 aliphatic heterocycles. The van der Waals surface area contributed by atoms with Gasteiger partial charge in [-0.1, -0.05) is 0 Å². The lowest BCUT2D eigenvalue weighted by atomic mass is 10.0. The lowest BCUT2D eigenvalue weighted by Crippen LogP contribution is -2.43. The number of ether oxygens (including phenoxy) is 1. The molecule has 0 N–H and O–H groups in total. The molecule has 0 aromatic carbocycles. The first-order chi connectivity index (χ1) is 10.9. The van der Waals surface area contributed by atoms with Crippen LogP contribution in [0.4, 0.5) is 4.79 Å². The van der Waals surface area contributed by atoms with Gasteiger partial charge >= 0.3 is 6.09 Å². The Hall–Kier alpha value is -1.74. The number of pyridine rings is 1. The summed E-state index contributed by atoms with van der Waals surface area (Å²) < 4.78 is 5.45. The molecule has 6 heteroatoms. The van der Waals surface area contributed by atoms with Gasteiger partial charge in [0, 0.05) is 25.0 Å². The molecule has 1 amide bonds. The SMILES string of the molecule is CC(C)(C)OC(=O)N1CCC[C@@H](CSc2cc(C#N)ccn2)C1. The van der Waals surface area contributed by atoms with Gasteiger partial charge in [-0.05, 0) is 51.7 Å². The Morgan fingerprint density at radius 1 is 1.57 bits per heavy atom. The van der Waals surface area contributed by atoms with Gasteiger partial charge in [0.25, 0.3) is 0 Å². The number of piperidine rings is 1. The quantitative estimate of drug-likeness (QED) is 0.789. The van der Waals surface area contributed by atoms with Crippen LogP contribution in [-0.2, 0) is 4.74 Å². The Morgan fingerprint density at radius 3 is 3.04 bits per heavy atom. The normalized spacial score (nSPS) is 18.3. The molecule has 2 heterocycles. The van der Waals surface area contributed by atoms with Crippen molar-refractivity contribution in [2.24, 2.45) is 5.92 Å². The predicted molar refractivity (Wildman–Crippen MR) is 90.2 cm³/mol. The standard InChI is InChI=1S/C17H23N3O2S/c1-17(2,3)22-16(21)20-8-4-5-14(11-20)12-23-15-9-13(10-18)6-7-19-15/h6-7,9,14H,4-5,8,11-12H2,1-3H3/t14-/m1/s1. The van der Waals surface area contributed by atoms with E-state index in [-0.39, 0.29) is 6.09 Å². The van der Waals surface area contributed by atoms with E-state index in [1.54, 1.807) is 35.0 Å². The highest BCUT2D eigenvalue weighted by Gasteiger charge is 2.27. The summed E-state index contributed by atoms with van der Waals surface area (Å²) in [6, 6.07) is 5.63. The number of amides is 1. The van der Waals surface area contributed by atoms with Crippen molar-refractivity contribution >= 4 is 17.9 Å². The molecule has 0 unspecified atom stereocenters. The number of nitriles is 1. The molecule has 23 heavy (non-hydrogen) atoms. The second-order valence-electron chi connectivity index (χ2n) is 6.74. The van der Waals surface area contributed by atoms with Gasteiger partial charge in [-0.25, -0.2) is 9.78 Å². The summed E-state index contributed by atoms with van der Waals surface area (Å²) in [6.07, 6.45) is 3.53. The van der Waals surface area contributed by atoms with Crippen LogP contribution >= 0.6 is 11.8 Å². The molecule has 1 fully saturated rings. The Balaban J connectivity index is 1.86. The number of hydrogen-bond donors (Lipinski definition) is 0. The summed E-state index contributed by atoms with van der Waals surface area (Å²) in [6.45, 7) is 7.14. The highest BCUT2D eigenvalue weighted by molar-refractivity contribution is 7.99. The molecule has 0 spiro atoms. The van der Waals surface area contributed by atoms with E-state index < -0.39 is 5.60 Å². The largest absolute Gasteiger partial charge is 0.444 e. The molecular weight excluding hydrogens is 310 g/mol.